The van der Waals surface area contributed by atoms with Crippen LogP contribution in [0.1, 0.15) is 53.5 Å². The topological polar surface area (TPSA) is 26.3 Å². The van der Waals surface area contributed by atoms with Gasteiger partial charge in [-0.1, -0.05) is 59.7 Å². The molecule has 1 atom stereocenters. The van der Waals surface area contributed by atoms with E-state index in [0.29, 0.717) is 11.7 Å². The van der Waals surface area contributed by atoms with E-state index in [4.69, 9.17) is 4.74 Å². The number of carbonyl (C=O) groups is 1. The van der Waals surface area contributed by atoms with Crippen LogP contribution in [-0.4, -0.2) is 5.97 Å². The van der Waals surface area contributed by atoms with E-state index in [0.717, 1.165) is 12.0 Å². The molecule has 0 saturated heterocycles. The Morgan fingerprint density at radius 1 is 1.21 bits per heavy atom. The number of hydrogen-bond donors (Lipinski definition) is 0. The summed E-state index contributed by atoms with van der Waals surface area (Å²) in [5.41, 5.74) is 1.04. The molecule has 1 aromatic rings. The number of carbonyl (C=O) groups excluding carboxylic acids is 1. The number of para-hydroxylation sites is 1. The van der Waals surface area contributed by atoms with E-state index in [9.17, 15) is 4.79 Å². The third-order valence-electron chi connectivity index (χ3n) is 3.45. The fraction of sp³-hybridized carbons (Fsp3) is 0.588. The molecule has 0 aromatic heterocycles. The van der Waals surface area contributed by atoms with Gasteiger partial charge in [-0.3, -0.25) is 4.79 Å². The van der Waals surface area contributed by atoms with E-state index >= 15 is 0 Å². The van der Waals surface area contributed by atoms with Crippen LogP contribution in [0.4, 0.5) is 0 Å². The molecular weight excluding hydrogens is 236 g/mol. The molecule has 0 aliphatic carbocycles. The normalized spacial score (nSPS) is 13.4. The standard InChI is InChI=1S/C17H26O2/c1-7-13(12(2)3)16(18)19-15-11-9-8-10-14(15)17(4,5)6/h8-13H,7H2,1-6H3. The predicted molar refractivity (Wildman–Crippen MR) is 79.4 cm³/mol. The Kier molecular flexibility index (Phi) is 5.16. The monoisotopic (exact) mass is 262 g/mol. The number of hydrogen-bond acceptors (Lipinski definition) is 2. The lowest BCUT2D eigenvalue weighted by atomic mass is 9.86. The second-order valence-electron chi connectivity index (χ2n) is 6.43. The number of esters is 1. The molecular formula is C17H26O2. The Hall–Kier alpha value is -1.31. The van der Waals surface area contributed by atoms with Crippen LogP contribution in [-0.2, 0) is 10.2 Å². The van der Waals surface area contributed by atoms with Crippen molar-refractivity contribution in [2.45, 2.75) is 53.4 Å². The molecule has 2 heteroatoms. The zero-order valence-electron chi connectivity index (χ0n) is 13.0. The van der Waals surface area contributed by atoms with Crippen LogP contribution < -0.4 is 4.74 Å². The summed E-state index contributed by atoms with van der Waals surface area (Å²) in [6.45, 7) is 12.5. The minimum atomic E-state index is -0.116. The molecule has 0 heterocycles. The third-order valence-corrected chi connectivity index (χ3v) is 3.45. The first kappa shape index (κ1) is 15.7. The van der Waals surface area contributed by atoms with Gasteiger partial charge in [-0.05, 0) is 23.8 Å². The highest BCUT2D eigenvalue weighted by molar-refractivity contribution is 5.75. The highest BCUT2D eigenvalue weighted by Crippen LogP contribution is 2.32. The zero-order chi connectivity index (χ0) is 14.6. The van der Waals surface area contributed by atoms with E-state index in [2.05, 4.69) is 34.6 Å². The van der Waals surface area contributed by atoms with E-state index < -0.39 is 0 Å². The van der Waals surface area contributed by atoms with Crippen molar-refractivity contribution < 1.29 is 9.53 Å². The lowest BCUT2D eigenvalue weighted by Gasteiger charge is -2.24. The lowest BCUT2D eigenvalue weighted by Crippen LogP contribution is -2.25. The Morgan fingerprint density at radius 2 is 1.79 bits per heavy atom. The number of benzene rings is 1. The Bertz CT molecular complexity index is 427. The first-order valence-corrected chi connectivity index (χ1v) is 7.08. The molecule has 0 aliphatic rings. The average Bonchev–Trinajstić information content (AvgIpc) is 2.28. The zero-order valence-corrected chi connectivity index (χ0v) is 13.0. The van der Waals surface area contributed by atoms with Crippen LogP contribution in [0.3, 0.4) is 0 Å². The third kappa shape index (κ3) is 4.09. The Labute approximate surface area is 117 Å². The summed E-state index contributed by atoms with van der Waals surface area (Å²) in [6, 6.07) is 7.80. The van der Waals surface area contributed by atoms with Crippen molar-refractivity contribution in [3.63, 3.8) is 0 Å². The summed E-state index contributed by atoms with van der Waals surface area (Å²) in [7, 11) is 0. The minimum absolute atomic E-state index is 0.0313. The molecule has 19 heavy (non-hydrogen) atoms. The SMILES string of the molecule is CCC(C(=O)Oc1ccccc1C(C)(C)C)C(C)C. The Balaban J connectivity index is 2.97. The van der Waals surface area contributed by atoms with Crippen LogP contribution in [0.15, 0.2) is 24.3 Å². The van der Waals surface area contributed by atoms with Crippen molar-refractivity contribution in [1.29, 1.82) is 0 Å². The molecule has 0 saturated carbocycles. The summed E-state index contributed by atoms with van der Waals surface area (Å²) in [4.78, 5) is 12.2. The lowest BCUT2D eigenvalue weighted by molar-refractivity contribution is -0.140. The maximum absolute atomic E-state index is 12.2. The van der Waals surface area contributed by atoms with Gasteiger partial charge in [-0.15, -0.1) is 0 Å². The maximum Gasteiger partial charge on any atom is 0.314 e. The van der Waals surface area contributed by atoms with Crippen molar-refractivity contribution in [3.05, 3.63) is 29.8 Å². The predicted octanol–water partition coefficient (Wildman–Crippen LogP) is 4.57. The summed E-state index contributed by atoms with van der Waals surface area (Å²) in [6.07, 6.45) is 0.814. The van der Waals surface area contributed by atoms with E-state index in [1.807, 2.05) is 31.2 Å². The smallest absolute Gasteiger partial charge is 0.314 e. The molecule has 0 N–H and O–H groups in total. The number of rotatable bonds is 4. The molecule has 0 bridgehead atoms. The van der Waals surface area contributed by atoms with Gasteiger partial charge in [0.15, 0.2) is 0 Å². The van der Waals surface area contributed by atoms with E-state index in [1.165, 1.54) is 0 Å². The fourth-order valence-electron chi connectivity index (χ4n) is 2.27. The second kappa shape index (κ2) is 6.23. The fourth-order valence-corrected chi connectivity index (χ4v) is 2.27. The van der Waals surface area contributed by atoms with E-state index in [1.54, 1.807) is 0 Å². The molecule has 0 aliphatic heterocycles. The maximum atomic E-state index is 12.2. The van der Waals surface area contributed by atoms with Crippen molar-refractivity contribution in [1.82, 2.24) is 0 Å². The summed E-state index contributed by atoms with van der Waals surface area (Å²) >= 11 is 0. The van der Waals surface area contributed by atoms with Crippen molar-refractivity contribution >= 4 is 5.97 Å². The van der Waals surface area contributed by atoms with Crippen LogP contribution in [0.25, 0.3) is 0 Å². The van der Waals surface area contributed by atoms with Crippen LogP contribution in [0.2, 0.25) is 0 Å². The molecule has 0 radical (unpaired) electrons. The summed E-state index contributed by atoms with van der Waals surface area (Å²) in [5, 5.41) is 0. The molecule has 0 spiro atoms. The van der Waals surface area contributed by atoms with Gasteiger partial charge in [0.2, 0.25) is 0 Å². The van der Waals surface area contributed by atoms with Gasteiger partial charge >= 0.3 is 5.97 Å². The molecule has 2 nitrogen and oxygen atoms in total. The quantitative estimate of drug-likeness (QED) is 0.587. The van der Waals surface area contributed by atoms with Gasteiger partial charge in [-0.2, -0.15) is 0 Å². The summed E-state index contributed by atoms with van der Waals surface area (Å²) < 4.78 is 5.65. The molecule has 1 aromatic carbocycles. The van der Waals surface area contributed by atoms with Crippen LogP contribution in [0, 0.1) is 11.8 Å². The molecule has 1 rings (SSSR count). The second-order valence-corrected chi connectivity index (χ2v) is 6.43. The van der Waals surface area contributed by atoms with Gasteiger partial charge < -0.3 is 4.74 Å². The van der Waals surface area contributed by atoms with Gasteiger partial charge in [0.25, 0.3) is 0 Å². The van der Waals surface area contributed by atoms with Gasteiger partial charge in [0.05, 0.1) is 5.92 Å². The van der Waals surface area contributed by atoms with Crippen LogP contribution in [0.5, 0.6) is 5.75 Å². The molecule has 1 unspecified atom stereocenters. The van der Waals surface area contributed by atoms with Gasteiger partial charge in [0, 0.05) is 5.56 Å². The molecule has 0 amide bonds. The highest BCUT2D eigenvalue weighted by atomic mass is 16.5. The van der Waals surface area contributed by atoms with Gasteiger partial charge in [-0.25, -0.2) is 0 Å². The average molecular weight is 262 g/mol. The molecule has 0 fully saturated rings. The van der Waals surface area contributed by atoms with Crippen molar-refractivity contribution in [3.8, 4) is 5.75 Å². The van der Waals surface area contributed by atoms with E-state index in [-0.39, 0.29) is 17.3 Å². The molecule has 106 valence electrons. The number of ether oxygens (including phenoxy) is 1. The first-order chi connectivity index (χ1) is 8.77. The van der Waals surface area contributed by atoms with Crippen LogP contribution >= 0.6 is 0 Å². The first-order valence-electron chi connectivity index (χ1n) is 7.08. The van der Waals surface area contributed by atoms with Gasteiger partial charge in [0.1, 0.15) is 5.75 Å². The summed E-state index contributed by atoms with van der Waals surface area (Å²) in [5.74, 6) is 0.848. The minimum Gasteiger partial charge on any atom is -0.426 e. The largest absolute Gasteiger partial charge is 0.426 e. The Morgan fingerprint density at radius 3 is 2.26 bits per heavy atom. The van der Waals surface area contributed by atoms with Crippen molar-refractivity contribution in [2.75, 3.05) is 0 Å². The highest BCUT2D eigenvalue weighted by Gasteiger charge is 2.25. The van der Waals surface area contributed by atoms with Crippen molar-refractivity contribution in [2.24, 2.45) is 11.8 Å².